The maximum Gasteiger partial charge on any atom is 0.326 e. The van der Waals surface area contributed by atoms with Gasteiger partial charge in [0.25, 0.3) is 0 Å². The average Bonchev–Trinajstić information content (AvgIpc) is 2.58. The van der Waals surface area contributed by atoms with Gasteiger partial charge in [-0.3, -0.25) is 4.79 Å². The predicted octanol–water partition coefficient (Wildman–Crippen LogP) is -0.984. The molecule has 2 unspecified atom stereocenters. The first-order valence-corrected chi connectivity index (χ1v) is 5.31. The summed E-state index contributed by atoms with van der Waals surface area (Å²) < 4.78 is 0. The van der Waals surface area contributed by atoms with Gasteiger partial charge >= 0.3 is 5.97 Å². The summed E-state index contributed by atoms with van der Waals surface area (Å²) in [5, 5.41) is 18.3. The maximum absolute atomic E-state index is 11.9. The molecule has 1 amide bonds. The molecule has 0 aliphatic carbocycles. The topological polar surface area (TPSA) is 104 Å². The van der Waals surface area contributed by atoms with Crippen LogP contribution in [0.4, 0.5) is 0 Å². The van der Waals surface area contributed by atoms with E-state index >= 15 is 0 Å². The van der Waals surface area contributed by atoms with Gasteiger partial charge in [0.1, 0.15) is 6.04 Å². The molecule has 6 heteroatoms. The van der Waals surface area contributed by atoms with Crippen molar-refractivity contribution in [3.63, 3.8) is 0 Å². The van der Waals surface area contributed by atoms with Gasteiger partial charge < -0.3 is 20.8 Å². The number of nitrogens with two attached hydrogens (primary N) is 1. The zero-order valence-electron chi connectivity index (χ0n) is 9.46. The number of carboxylic acids is 1. The Morgan fingerprint density at radius 2 is 2.00 bits per heavy atom. The summed E-state index contributed by atoms with van der Waals surface area (Å²) in [7, 11) is 0. The van der Waals surface area contributed by atoms with E-state index in [0.29, 0.717) is 0 Å². The molecule has 16 heavy (non-hydrogen) atoms. The zero-order chi connectivity index (χ0) is 12.5. The summed E-state index contributed by atoms with van der Waals surface area (Å²) in [4.78, 5) is 24.0. The molecule has 1 saturated heterocycles. The Morgan fingerprint density at radius 3 is 2.44 bits per heavy atom. The minimum absolute atomic E-state index is 0.0763. The van der Waals surface area contributed by atoms with Crippen molar-refractivity contribution in [3.05, 3.63) is 0 Å². The smallest absolute Gasteiger partial charge is 0.326 e. The highest BCUT2D eigenvalue weighted by Crippen LogP contribution is 2.21. The lowest BCUT2D eigenvalue weighted by Crippen LogP contribution is -2.46. The highest BCUT2D eigenvalue weighted by atomic mass is 16.4. The van der Waals surface area contributed by atoms with E-state index in [1.807, 2.05) is 0 Å². The van der Waals surface area contributed by atoms with Crippen LogP contribution in [-0.4, -0.2) is 51.7 Å². The van der Waals surface area contributed by atoms with Crippen LogP contribution in [0, 0.1) is 5.92 Å². The molecule has 1 heterocycles. The van der Waals surface area contributed by atoms with Gasteiger partial charge in [0, 0.05) is 19.0 Å². The van der Waals surface area contributed by atoms with Gasteiger partial charge in [0.05, 0.1) is 12.0 Å². The Labute approximate surface area is 94.0 Å². The Morgan fingerprint density at radius 1 is 1.44 bits per heavy atom. The van der Waals surface area contributed by atoms with Gasteiger partial charge in [-0.15, -0.1) is 0 Å². The number of hydrogen-bond acceptors (Lipinski definition) is 4. The first kappa shape index (κ1) is 12.9. The largest absolute Gasteiger partial charge is 0.480 e. The number of β-amino-alcohol motifs (C(OH)–C–C–N with tert-alkyl or cyclic N) is 1. The molecule has 6 nitrogen and oxygen atoms in total. The van der Waals surface area contributed by atoms with E-state index in [4.69, 9.17) is 10.8 Å². The second kappa shape index (κ2) is 4.80. The van der Waals surface area contributed by atoms with Crippen LogP contribution in [0.5, 0.6) is 0 Å². The van der Waals surface area contributed by atoms with Crippen molar-refractivity contribution in [2.24, 2.45) is 11.7 Å². The van der Waals surface area contributed by atoms with E-state index in [1.54, 1.807) is 13.8 Å². The highest BCUT2D eigenvalue weighted by Gasteiger charge is 2.40. The molecule has 1 aliphatic rings. The van der Waals surface area contributed by atoms with Crippen molar-refractivity contribution >= 4 is 11.9 Å². The average molecular weight is 230 g/mol. The van der Waals surface area contributed by atoms with Crippen LogP contribution < -0.4 is 5.73 Å². The monoisotopic (exact) mass is 230 g/mol. The summed E-state index contributed by atoms with van der Waals surface area (Å²) >= 11 is 0. The van der Waals surface area contributed by atoms with Crippen LogP contribution in [0.1, 0.15) is 20.3 Å². The van der Waals surface area contributed by atoms with E-state index in [1.165, 1.54) is 4.90 Å². The number of amides is 1. The van der Waals surface area contributed by atoms with Gasteiger partial charge in [-0.1, -0.05) is 6.92 Å². The Hall–Kier alpha value is -1.14. The number of aliphatic hydroxyl groups excluding tert-OH is 1. The minimum atomic E-state index is -1.08. The normalized spacial score (nSPS) is 28.9. The molecule has 4 N–H and O–H groups in total. The van der Waals surface area contributed by atoms with Crippen molar-refractivity contribution in [3.8, 4) is 0 Å². The second-order valence-corrected chi connectivity index (χ2v) is 4.38. The van der Waals surface area contributed by atoms with Crippen molar-refractivity contribution in [1.29, 1.82) is 0 Å². The van der Waals surface area contributed by atoms with Crippen LogP contribution in [0.25, 0.3) is 0 Å². The predicted molar refractivity (Wildman–Crippen MR) is 56.6 cm³/mol. The lowest BCUT2D eigenvalue weighted by atomic mass is 10.0. The quantitative estimate of drug-likeness (QED) is 0.578. The molecule has 0 saturated carbocycles. The molecule has 0 bridgehead atoms. The maximum atomic E-state index is 11.9. The van der Waals surface area contributed by atoms with E-state index in [2.05, 4.69) is 0 Å². The van der Waals surface area contributed by atoms with E-state index in [9.17, 15) is 14.7 Å². The minimum Gasteiger partial charge on any atom is -0.480 e. The molecule has 4 atom stereocenters. The number of likely N-dealkylation sites (tertiary alicyclic amines) is 1. The van der Waals surface area contributed by atoms with E-state index < -0.39 is 24.0 Å². The van der Waals surface area contributed by atoms with Gasteiger partial charge in [0.15, 0.2) is 0 Å². The van der Waals surface area contributed by atoms with E-state index in [-0.39, 0.29) is 24.9 Å². The summed E-state index contributed by atoms with van der Waals surface area (Å²) in [6.45, 7) is 3.44. The van der Waals surface area contributed by atoms with Crippen molar-refractivity contribution in [2.75, 3.05) is 6.54 Å². The van der Waals surface area contributed by atoms with Crippen molar-refractivity contribution in [2.45, 2.75) is 38.5 Å². The molecule has 1 fully saturated rings. The molecule has 0 aromatic rings. The van der Waals surface area contributed by atoms with Crippen molar-refractivity contribution < 1.29 is 19.8 Å². The first-order chi connectivity index (χ1) is 7.34. The molecule has 1 rings (SSSR count). The number of aliphatic hydroxyl groups is 1. The number of aliphatic carboxylic acids is 1. The number of nitrogens with zero attached hydrogens (tertiary/aromatic N) is 1. The first-order valence-electron chi connectivity index (χ1n) is 5.31. The van der Waals surface area contributed by atoms with Crippen LogP contribution >= 0.6 is 0 Å². The molecule has 1 aliphatic heterocycles. The fourth-order valence-electron chi connectivity index (χ4n) is 1.78. The van der Waals surface area contributed by atoms with Gasteiger partial charge in [-0.05, 0) is 6.92 Å². The standard InChI is InChI=1S/C10H18N2O4/c1-5(6(2)11)9(14)12-4-7(13)3-8(12)10(15)16/h5-8,13H,3-4,11H2,1-2H3,(H,15,16)/t5?,6?,7-,8-/m1/s1. The number of rotatable bonds is 3. The molecule has 0 radical (unpaired) electrons. The van der Waals surface area contributed by atoms with Crippen LogP contribution in [0.15, 0.2) is 0 Å². The molecule has 0 aromatic carbocycles. The zero-order valence-corrected chi connectivity index (χ0v) is 9.46. The second-order valence-electron chi connectivity index (χ2n) is 4.38. The third-order valence-corrected chi connectivity index (χ3v) is 3.03. The molecule has 0 spiro atoms. The number of carbonyl (C=O) groups is 2. The third kappa shape index (κ3) is 2.51. The van der Waals surface area contributed by atoms with Gasteiger partial charge in [-0.25, -0.2) is 4.79 Å². The Balaban J connectivity index is 2.78. The van der Waals surface area contributed by atoms with Crippen molar-refractivity contribution in [1.82, 2.24) is 4.90 Å². The number of carbonyl (C=O) groups excluding carboxylic acids is 1. The SMILES string of the molecule is CC(N)C(C)C(=O)N1C[C@H](O)C[C@@H]1C(=O)O. The fourth-order valence-corrected chi connectivity index (χ4v) is 1.78. The fraction of sp³-hybridized carbons (Fsp3) is 0.800. The summed E-state index contributed by atoms with van der Waals surface area (Å²) in [5.74, 6) is -1.83. The highest BCUT2D eigenvalue weighted by molar-refractivity contribution is 5.86. The number of hydrogen-bond donors (Lipinski definition) is 3. The Kier molecular flexibility index (Phi) is 3.88. The van der Waals surface area contributed by atoms with Crippen LogP contribution in [0.3, 0.4) is 0 Å². The summed E-state index contributed by atoms with van der Waals surface area (Å²) in [5.41, 5.74) is 5.60. The van der Waals surface area contributed by atoms with Crippen LogP contribution in [-0.2, 0) is 9.59 Å². The van der Waals surface area contributed by atoms with Gasteiger partial charge in [0.2, 0.25) is 5.91 Å². The molecule has 92 valence electrons. The number of carboxylic acid groups (broad SMARTS) is 1. The lowest BCUT2D eigenvalue weighted by molar-refractivity contribution is -0.149. The molecular formula is C10H18N2O4. The molecular weight excluding hydrogens is 212 g/mol. The summed E-state index contributed by atoms with van der Waals surface area (Å²) in [6, 6.07) is -1.26. The third-order valence-electron chi connectivity index (χ3n) is 3.03. The summed E-state index contributed by atoms with van der Waals surface area (Å²) in [6.07, 6.45) is -0.669. The van der Waals surface area contributed by atoms with Gasteiger partial charge in [-0.2, -0.15) is 0 Å². The lowest BCUT2D eigenvalue weighted by Gasteiger charge is -2.26. The van der Waals surface area contributed by atoms with Crippen LogP contribution in [0.2, 0.25) is 0 Å². The molecule has 0 aromatic heterocycles. The Bertz CT molecular complexity index is 293. The van der Waals surface area contributed by atoms with E-state index in [0.717, 1.165) is 0 Å².